The van der Waals surface area contributed by atoms with E-state index in [-0.39, 0.29) is 5.56 Å². The van der Waals surface area contributed by atoms with Crippen LogP contribution < -0.4 is 0 Å². The molecule has 0 unspecified atom stereocenters. The van der Waals surface area contributed by atoms with Gasteiger partial charge in [0.2, 0.25) is 0 Å². The summed E-state index contributed by atoms with van der Waals surface area (Å²) in [5.41, 5.74) is 0.175. The number of halogens is 9. The number of benzene rings is 1. The third-order valence-corrected chi connectivity index (χ3v) is 3.02. The Labute approximate surface area is 119 Å². The summed E-state index contributed by atoms with van der Waals surface area (Å²) in [6.07, 6.45) is -2.42. The minimum Gasteiger partial charge on any atom is -0.200 e. The zero-order chi connectivity index (χ0) is 16.5. The van der Waals surface area contributed by atoms with Crippen LogP contribution in [0.1, 0.15) is 12.0 Å². The third kappa shape index (κ3) is 3.41. The van der Waals surface area contributed by atoms with Gasteiger partial charge in [-0.05, 0) is 23.6 Å². The number of aryl methyl sites for hydroxylation is 1. The first-order valence-electron chi connectivity index (χ1n) is 5.57. The van der Waals surface area contributed by atoms with E-state index >= 15 is 0 Å². The van der Waals surface area contributed by atoms with Crippen LogP contribution in [-0.4, -0.2) is 23.1 Å². The fraction of sp³-hybridized carbons (Fsp3) is 0.500. The van der Waals surface area contributed by atoms with Gasteiger partial charge in [0.25, 0.3) is 0 Å². The Balaban J connectivity index is 2.94. The van der Waals surface area contributed by atoms with Gasteiger partial charge in [-0.3, -0.25) is 0 Å². The Bertz CT molecular complexity index is 466. The lowest BCUT2D eigenvalue weighted by Crippen LogP contribution is -2.60. The average Bonchev–Trinajstić information content (AvgIpc) is 2.36. The molecule has 1 aromatic rings. The molecule has 0 fully saturated rings. The first kappa shape index (κ1) is 18.0. The summed E-state index contributed by atoms with van der Waals surface area (Å²) in [6.45, 7) is 0. The Kier molecular flexibility index (Phi) is 4.82. The van der Waals surface area contributed by atoms with Crippen molar-refractivity contribution >= 4 is 11.6 Å². The minimum atomic E-state index is -6.39. The lowest BCUT2D eigenvalue weighted by molar-refractivity contribution is -0.348. The van der Waals surface area contributed by atoms with E-state index in [1.165, 1.54) is 30.3 Å². The van der Waals surface area contributed by atoms with Gasteiger partial charge in [0.1, 0.15) is 0 Å². The van der Waals surface area contributed by atoms with E-state index in [0.717, 1.165) is 0 Å². The predicted molar refractivity (Wildman–Crippen MR) is 60.4 cm³/mol. The number of hydrogen-bond acceptors (Lipinski definition) is 0. The third-order valence-electron chi connectivity index (χ3n) is 2.78. The fourth-order valence-corrected chi connectivity index (χ4v) is 1.63. The van der Waals surface area contributed by atoms with Crippen molar-refractivity contribution in [2.24, 2.45) is 0 Å². The highest BCUT2D eigenvalue weighted by Gasteiger charge is 2.79. The van der Waals surface area contributed by atoms with Crippen molar-refractivity contribution in [1.29, 1.82) is 0 Å². The maximum Gasteiger partial charge on any atom is 0.392 e. The van der Waals surface area contributed by atoms with Crippen molar-refractivity contribution in [2.45, 2.75) is 36.0 Å². The molecule has 0 N–H and O–H groups in total. The molecule has 21 heavy (non-hydrogen) atoms. The highest BCUT2D eigenvalue weighted by atomic mass is 35.5. The van der Waals surface area contributed by atoms with Gasteiger partial charge >= 0.3 is 23.1 Å². The van der Waals surface area contributed by atoms with E-state index in [9.17, 15) is 35.1 Å². The predicted octanol–water partition coefficient (Wildman–Crippen LogP) is 5.36. The summed E-state index contributed by atoms with van der Waals surface area (Å²) in [4.78, 5) is 0. The maximum absolute atomic E-state index is 13.3. The Hall–Kier alpha value is -1.05. The molecule has 0 nitrogen and oxygen atoms in total. The first-order valence-corrected chi connectivity index (χ1v) is 5.95. The molecular formula is C12H9ClF8. The van der Waals surface area contributed by atoms with Crippen molar-refractivity contribution in [3.8, 4) is 0 Å². The molecule has 0 bridgehead atoms. The second kappa shape index (κ2) is 5.62. The lowest BCUT2D eigenvalue weighted by Gasteiger charge is -2.34. The molecule has 0 aliphatic heterocycles. The molecule has 1 aromatic carbocycles. The standard InChI is InChI=1S/C12H9ClF8/c13-12(20,21)11(18,19)10(16,17)9(14,15)7-6-8-4-2-1-3-5-8/h1-5H,6-7H2. The summed E-state index contributed by atoms with van der Waals surface area (Å²) >= 11 is 3.84. The molecule has 0 aliphatic carbocycles. The van der Waals surface area contributed by atoms with Crippen molar-refractivity contribution in [1.82, 2.24) is 0 Å². The zero-order valence-electron chi connectivity index (χ0n) is 10.2. The monoisotopic (exact) mass is 340 g/mol. The highest BCUT2D eigenvalue weighted by Crippen LogP contribution is 2.54. The van der Waals surface area contributed by atoms with Gasteiger partial charge in [0, 0.05) is 6.42 Å². The van der Waals surface area contributed by atoms with Gasteiger partial charge in [-0.2, -0.15) is 35.1 Å². The van der Waals surface area contributed by atoms with E-state index in [2.05, 4.69) is 11.6 Å². The maximum atomic E-state index is 13.3. The van der Waals surface area contributed by atoms with Crippen LogP contribution in [0.25, 0.3) is 0 Å². The van der Waals surface area contributed by atoms with E-state index in [1.807, 2.05) is 0 Å². The minimum absolute atomic E-state index is 0.175. The largest absolute Gasteiger partial charge is 0.392 e. The normalized spacial score (nSPS) is 14.3. The summed E-state index contributed by atoms with van der Waals surface area (Å²) < 4.78 is 103. The van der Waals surface area contributed by atoms with Crippen LogP contribution in [0.5, 0.6) is 0 Å². The summed E-state index contributed by atoms with van der Waals surface area (Å²) in [5.74, 6) is -18.0. The van der Waals surface area contributed by atoms with E-state index in [4.69, 9.17) is 0 Å². The van der Waals surface area contributed by atoms with Crippen molar-refractivity contribution < 1.29 is 35.1 Å². The summed E-state index contributed by atoms with van der Waals surface area (Å²) in [6, 6.07) is 6.99. The first-order chi connectivity index (χ1) is 9.33. The molecule has 0 saturated heterocycles. The lowest BCUT2D eigenvalue weighted by atomic mass is 9.97. The highest BCUT2D eigenvalue weighted by molar-refractivity contribution is 6.22. The topological polar surface area (TPSA) is 0 Å². The van der Waals surface area contributed by atoms with Crippen LogP contribution in [0, 0.1) is 0 Å². The molecule has 0 saturated carbocycles. The Morgan fingerprint density at radius 2 is 1.24 bits per heavy atom. The van der Waals surface area contributed by atoms with E-state index in [1.54, 1.807) is 0 Å². The van der Waals surface area contributed by atoms with Gasteiger partial charge in [0.05, 0.1) is 0 Å². The van der Waals surface area contributed by atoms with Crippen molar-refractivity contribution in [3.63, 3.8) is 0 Å². The molecule has 0 atom stereocenters. The van der Waals surface area contributed by atoms with Crippen LogP contribution in [0.4, 0.5) is 35.1 Å². The van der Waals surface area contributed by atoms with Crippen molar-refractivity contribution in [3.05, 3.63) is 35.9 Å². The van der Waals surface area contributed by atoms with Crippen molar-refractivity contribution in [2.75, 3.05) is 0 Å². The SMILES string of the molecule is FC(F)(Cl)C(F)(F)C(F)(F)C(F)(F)CCc1ccccc1. The molecule has 0 aromatic heterocycles. The summed E-state index contributed by atoms with van der Waals surface area (Å²) in [5, 5.41) is -5.80. The Morgan fingerprint density at radius 3 is 1.67 bits per heavy atom. The van der Waals surface area contributed by atoms with Gasteiger partial charge in [0.15, 0.2) is 0 Å². The number of rotatable bonds is 6. The zero-order valence-corrected chi connectivity index (χ0v) is 11.0. The molecule has 120 valence electrons. The molecular weight excluding hydrogens is 332 g/mol. The average molecular weight is 341 g/mol. The Morgan fingerprint density at radius 1 is 0.762 bits per heavy atom. The fourth-order valence-electron chi connectivity index (χ4n) is 1.51. The van der Waals surface area contributed by atoms with Gasteiger partial charge in [-0.15, -0.1) is 0 Å². The van der Waals surface area contributed by atoms with Crippen LogP contribution in [-0.2, 0) is 6.42 Å². The van der Waals surface area contributed by atoms with Crippen LogP contribution in [0.3, 0.4) is 0 Å². The van der Waals surface area contributed by atoms with E-state index < -0.39 is 36.0 Å². The molecule has 9 heteroatoms. The van der Waals surface area contributed by atoms with Crippen LogP contribution >= 0.6 is 11.6 Å². The molecule has 0 amide bonds. The molecule has 0 heterocycles. The molecule has 0 radical (unpaired) electrons. The van der Waals surface area contributed by atoms with Crippen LogP contribution in [0.2, 0.25) is 0 Å². The molecule has 0 spiro atoms. The van der Waals surface area contributed by atoms with E-state index in [0.29, 0.717) is 0 Å². The van der Waals surface area contributed by atoms with Gasteiger partial charge in [-0.25, -0.2) is 0 Å². The second-order valence-electron chi connectivity index (χ2n) is 4.34. The second-order valence-corrected chi connectivity index (χ2v) is 4.81. The smallest absolute Gasteiger partial charge is 0.200 e. The van der Waals surface area contributed by atoms with Gasteiger partial charge in [-0.1, -0.05) is 30.3 Å². The number of hydrogen-bond donors (Lipinski definition) is 0. The van der Waals surface area contributed by atoms with Gasteiger partial charge < -0.3 is 0 Å². The molecule has 1 rings (SSSR count). The quantitative estimate of drug-likeness (QED) is 0.483. The van der Waals surface area contributed by atoms with Crippen LogP contribution in [0.15, 0.2) is 30.3 Å². The molecule has 0 aliphatic rings. The number of alkyl halides is 9. The summed E-state index contributed by atoms with van der Waals surface area (Å²) in [7, 11) is 0.